The molecule has 0 radical (unpaired) electrons. The molecule has 0 aliphatic carbocycles. The van der Waals surface area contributed by atoms with E-state index in [1.807, 2.05) is 0 Å². The molecule has 1 atom stereocenters. The number of carboxylic acids is 1. The number of carboxylic acid groups (broad SMARTS) is 1. The second-order valence-electron chi connectivity index (χ2n) is 4.80. The second kappa shape index (κ2) is 8.00. The molecule has 0 spiro atoms. The number of ether oxygens (including phenoxy) is 1. The van der Waals surface area contributed by atoms with Gasteiger partial charge < -0.3 is 19.7 Å². The van der Waals surface area contributed by atoms with Crippen LogP contribution in [0.1, 0.15) is 20.8 Å². The van der Waals surface area contributed by atoms with Gasteiger partial charge in [-0.05, 0) is 20.8 Å². The maximum atomic E-state index is 11.5. The van der Waals surface area contributed by atoms with Crippen molar-refractivity contribution < 1.29 is 19.4 Å². The minimum atomic E-state index is -1.13. The van der Waals surface area contributed by atoms with Crippen molar-refractivity contribution in [3.8, 4) is 0 Å². The summed E-state index contributed by atoms with van der Waals surface area (Å²) in [5.74, 6) is -1.13. The number of nitrogens with one attached hydrogen (secondary N) is 1. The second-order valence-corrected chi connectivity index (χ2v) is 4.80. The van der Waals surface area contributed by atoms with Gasteiger partial charge >= 0.3 is 63.4 Å². The Bertz CT molecular complexity index is 414. The number of imidazole rings is 1. The summed E-state index contributed by atoms with van der Waals surface area (Å²) in [5, 5.41) is 11.3. The van der Waals surface area contributed by atoms with Gasteiger partial charge in [0.15, 0.2) is 0 Å². The molecule has 1 aromatic heterocycles. The molecule has 0 saturated heterocycles. The van der Waals surface area contributed by atoms with E-state index in [-0.39, 0.29) is 57.9 Å². The Morgan fingerprint density at radius 3 is 2.53 bits per heavy atom. The number of amides is 1. The molecule has 0 unspecified atom stereocenters. The van der Waals surface area contributed by atoms with Crippen LogP contribution < -0.4 is 5.32 Å². The van der Waals surface area contributed by atoms with Gasteiger partial charge in [0.1, 0.15) is 11.6 Å². The van der Waals surface area contributed by atoms with Gasteiger partial charge in [-0.25, -0.2) is 14.6 Å². The molecule has 0 aliphatic heterocycles. The van der Waals surface area contributed by atoms with Gasteiger partial charge in [-0.15, -0.1) is 0 Å². The van der Waals surface area contributed by atoms with Crippen LogP contribution in [0.15, 0.2) is 18.7 Å². The molecule has 0 saturated carbocycles. The van der Waals surface area contributed by atoms with Crippen LogP contribution in [-0.4, -0.2) is 89.7 Å². The molecule has 2 N–H and O–H groups in total. The zero-order valence-corrected chi connectivity index (χ0v) is 10.6. The average Bonchev–Trinajstić information content (AvgIpc) is 2.66. The van der Waals surface area contributed by atoms with Crippen LogP contribution in [-0.2, 0) is 16.1 Å². The zero-order chi connectivity index (χ0) is 13.8. The molecule has 8 heteroatoms. The van der Waals surface area contributed by atoms with Crippen LogP contribution >= 0.6 is 0 Å². The molecule has 1 aromatic rings. The van der Waals surface area contributed by atoms with Crippen molar-refractivity contribution in [1.29, 1.82) is 0 Å². The van der Waals surface area contributed by atoms with Gasteiger partial charge in [-0.1, -0.05) is 0 Å². The minimum absolute atomic E-state index is 0. The fraction of sp³-hybridized carbons (Fsp3) is 0.545. The summed E-state index contributed by atoms with van der Waals surface area (Å²) < 4.78 is 6.56. The van der Waals surface area contributed by atoms with Crippen LogP contribution in [0.25, 0.3) is 0 Å². The third kappa shape index (κ3) is 7.68. The van der Waals surface area contributed by atoms with Gasteiger partial charge in [0.25, 0.3) is 0 Å². The van der Waals surface area contributed by atoms with E-state index in [0.29, 0.717) is 0 Å². The number of nitrogens with zero attached hydrogens (tertiary/aromatic N) is 2. The van der Waals surface area contributed by atoms with Crippen LogP contribution in [0.5, 0.6) is 0 Å². The van der Waals surface area contributed by atoms with Crippen LogP contribution in [0.4, 0.5) is 4.79 Å². The van der Waals surface area contributed by atoms with Crippen molar-refractivity contribution >= 4 is 63.4 Å². The van der Waals surface area contributed by atoms with Crippen molar-refractivity contribution in [1.82, 2.24) is 14.9 Å². The average molecular weight is 295 g/mol. The molecule has 1 rings (SSSR count). The van der Waals surface area contributed by atoms with Gasteiger partial charge in [-0.3, -0.25) is 0 Å². The molecule has 0 bridgehead atoms. The Labute approximate surface area is 154 Å². The van der Waals surface area contributed by atoms with E-state index >= 15 is 0 Å². The van der Waals surface area contributed by atoms with Gasteiger partial charge in [-0.2, -0.15) is 0 Å². The standard InChI is InChI=1S/C11H17N3O4.K.H/c1-11(2,3)18-10(17)13-8(9(15)16)6-14-5-4-12-7-14;;/h4-5,7-8H,6H2,1-3H3,(H,13,17)(H,15,16);;/t8-;;/m1../s1. The Hall–Kier alpha value is -0.414. The number of hydrogen-bond donors (Lipinski definition) is 2. The van der Waals surface area contributed by atoms with E-state index < -0.39 is 23.7 Å². The summed E-state index contributed by atoms with van der Waals surface area (Å²) in [7, 11) is 0. The van der Waals surface area contributed by atoms with E-state index in [1.165, 1.54) is 12.5 Å². The van der Waals surface area contributed by atoms with Crippen molar-refractivity contribution in [3.63, 3.8) is 0 Å². The molecule has 0 aliphatic rings. The SMILES string of the molecule is CC(C)(C)OC(=O)N[C@H](Cn1ccnc1)C(=O)O.[KH]. The van der Waals surface area contributed by atoms with Gasteiger partial charge in [0.05, 0.1) is 12.9 Å². The third-order valence-corrected chi connectivity index (χ3v) is 1.94. The summed E-state index contributed by atoms with van der Waals surface area (Å²) in [6.07, 6.45) is 3.88. The van der Waals surface area contributed by atoms with E-state index in [0.717, 1.165) is 0 Å². The first-order valence-electron chi connectivity index (χ1n) is 5.46. The molecule has 0 aromatic carbocycles. The summed E-state index contributed by atoms with van der Waals surface area (Å²) >= 11 is 0. The molecule has 1 heterocycles. The fourth-order valence-electron chi connectivity index (χ4n) is 1.24. The zero-order valence-electron chi connectivity index (χ0n) is 10.6. The Balaban J connectivity index is 0.00000324. The first-order chi connectivity index (χ1) is 8.28. The predicted molar refractivity (Wildman–Crippen MR) is 70.2 cm³/mol. The predicted octanol–water partition coefficient (Wildman–Crippen LogP) is 0.212. The molecule has 0 fully saturated rings. The summed E-state index contributed by atoms with van der Waals surface area (Å²) in [4.78, 5) is 26.3. The van der Waals surface area contributed by atoms with Gasteiger partial charge in [0.2, 0.25) is 0 Å². The number of aliphatic carboxylic acids is 1. The quantitative estimate of drug-likeness (QED) is 0.775. The molecule has 102 valence electrons. The monoisotopic (exact) mass is 295 g/mol. The van der Waals surface area contributed by atoms with E-state index in [2.05, 4.69) is 10.3 Å². The van der Waals surface area contributed by atoms with Crippen molar-refractivity contribution in [2.24, 2.45) is 0 Å². The van der Waals surface area contributed by atoms with Crippen molar-refractivity contribution in [3.05, 3.63) is 18.7 Å². The molecule has 1 amide bonds. The van der Waals surface area contributed by atoms with Crippen LogP contribution in [0, 0.1) is 0 Å². The first kappa shape index (κ1) is 18.6. The first-order valence-corrected chi connectivity index (χ1v) is 5.46. The molecule has 19 heavy (non-hydrogen) atoms. The fourth-order valence-corrected chi connectivity index (χ4v) is 1.24. The summed E-state index contributed by atoms with van der Waals surface area (Å²) in [5.41, 5.74) is -0.665. The molecular formula is C11H18KN3O4. The van der Waals surface area contributed by atoms with Crippen LogP contribution in [0.2, 0.25) is 0 Å². The molecule has 7 nitrogen and oxygen atoms in total. The van der Waals surface area contributed by atoms with E-state index in [1.54, 1.807) is 31.5 Å². The number of aromatic nitrogens is 2. The number of rotatable bonds is 4. The van der Waals surface area contributed by atoms with E-state index in [9.17, 15) is 9.59 Å². The van der Waals surface area contributed by atoms with Gasteiger partial charge in [0, 0.05) is 12.4 Å². The number of alkyl carbamates (subject to hydrolysis) is 1. The summed E-state index contributed by atoms with van der Waals surface area (Å²) in [6, 6.07) is -1.06. The summed E-state index contributed by atoms with van der Waals surface area (Å²) in [6.45, 7) is 5.21. The maximum absolute atomic E-state index is 11.5. The Morgan fingerprint density at radius 2 is 2.11 bits per heavy atom. The topological polar surface area (TPSA) is 93.5 Å². The normalized spacial score (nSPS) is 12.2. The number of carbonyl (C=O) groups is 2. The van der Waals surface area contributed by atoms with E-state index in [4.69, 9.17) is 9.84 Å². The third-order valence-electron chi connectivity index (χ3n) is 1.94. The van der Waals surface area contributed by atoms with Crippen molar-refractivity contribution in [2.75, 3.05) is 0 Å². The Kier molecular flexibility index (Phi) is 7.83. The number of hydrogen-bond acceptors (Lipinski definition) is 4. The van der Waals surface area contributed by atoms with Crippen LogP contribution in [0.3, 0.4) is 0 Å². The van der Waals surface area contributed by atoms with Crippen molar-refractivity contribution in [2.45, 2.75) is 39.0 Å². The number of carbonyl (C=O) groups excluding carboxylic acids is 1. The molecular weight excluding hydrogens is 277 g/mol. The Morgan fingerprint density at radius 1 is 1.47 bits per heavy atom.